The Hall–Kier alpha value is -3.41. The van der Waals surface area contributed by atoms with E-state index in [1.54, 1.807) is 0 Å². The number of rotatable bonds is 7. The number of pyridine rings is 1. The number of esters is 1. The number of hydrogen-bond acceptors (Lipinski definition) is 5. The molecule has 218 valence electrons. The van der Waals surface area contributed by atoms with Crippen LogP contribution in [0.5, 0.6) is 5.75 Å². The molecule has 0 radical (unpaired) electrons. The van der Waals surface area contributed by atoms with Gasteiger partial charge in [0.25, 0.3) is 0 Å². The quantitative estimate of drug-likeness (QED) is 0.280. The highest BCUT2D eigenvalue weighted by Crippen LogP contribution is 2.43. The van der Waals surface area contributed by atoms with Crippen molar-refractivity contribution in [2.24, 2.45) is 5.41 Å². The van der Waals surface area contributed by atoms with Gasteiger partial charge in [0.15, 0.2) is 0 Å². The summed E-state index contributed by atoms with van der Waals surface area (Å²) in [6.07, 6.45) is 4.87. The molecule has 41 heavy (non-hydrogen) atoms. The van der Waals surface area contributed by atoms with Gasteiger partial charge in [0.1, 0.15) is 17.7 Å². The molecule has 6 heteroatoms. The van der Waals surface area contributed by atoms with Gasteiger partial charge in [-0.3, -0.25) is 9.78 Å². The van der Waals surface area contributed by atoms with E-state index in [0.29, 0.717) is 5.41 Å². The lowest BCUT2D eigenvalue weighted by atomic mass is 9.82. The van der Waals surface area contributed by atoms with E-state index in [4.69, 9.17) is 14.5 Å². The topological polar surface area (TPSA) is 51.7 Å². The van der Waals surface area contributed by atoms with Crippen LogP contribution in [0, 0.1) is 25.1 Å². The van der Waals surface area contributed by atoms with Gasteiger partial charge < -0.3 is 14.4 Å². The van der Waals surface area contributed by atoms with Crippen LogP contribution in [0.2, 0.25) is 0 Å². The molecule has 3 aromatic rings. The Morgan fingerprint density at radius 2 is 1.80 bits per heavy atom. The molecule has 0 spiro atoms. The van der Waals surface area contributed by atoms with Crippen LogP contribution >= 0.6 is 0 Å². The number of anilines is 1. The summed E-state index contributed by atoms with van der Waals surface area (Å²) in [6, 6.07) is 13.1. The molecule has 0 amide bonds. The first kappa shape index (κ1) is 29.1. The third-order valence-electron chi connectivity index (χ3n) is 8.53. The van der Waals surface area contributed by atoms with E-state index < -0.39 is 0 Å². The molecule has 0 aliphatic carbocycles. The molecule has 1 fully saturated rings. The minimum atomic E-state index is -0.218. The molecule has 1 saturated heterocycles. The predicted molar refractivity (Wildman–Crippen MR) is 162 cm³/mol. The maximum atomic E-state index is 13.3. The van der Waals surface area contributed by atoms with E-state index in [-0.39, 0.29) is 30.4 Å². The van der Waals surface area contributed by atoms with E-state index in [0.717, 1.165) is 90.3 Å². The fraction of sp³-hybridized carbons (Fsp3) is 0.486. The van der Waals surface area contributed by atoms with Crippen molar-refractivity contribution in [2.75, 3.05) is 18.0 Å². The van der Waals surface area contributed by atoms with E-state index in [9.17, 15) is 9.18 Å². The van der Waals surface area contributed by atoms with Gasteiger partial charge in [-0.25, -0.2) is 4.39 Å². The van der Waals surface area contributed by atoms with E-state index in [2.05, 4.69) is 43.9 Å². The van der Waals surface area contributed by atoms with Crippen LogP contribution in [0.3, 0.4) is 0 Å². The number of benzene rings is 2. The van der Waals surface area contributed by atoms with Gasteiger partial charge in [-0.15, -0.1) is 0 Å². The molecule has 0 unspecified atom stereocenters. The summed E-state index contributed by atoms with van der Waals surface area (Å²) in [7, 11) is 0. The summed E-state index contributed by atoms with van der Waals surface area (Å²) in [5.74, 6) is 0.473. The number of piperidine rings is 1. The van der Waals surface area contributed by atoms with Crippen molar-refractivity contribution in [3.8, 4) is 16.9 Å². The van der Waals surface area contributed by atoms with Gasteiger partial charge in [0.2, 0.25) is 0 Å². The molecular formula is C35H43FN2O3. The van der Waals surface area contributed by atoms with Gasteiger partial charge in [-0.05, 0) is 99.7 Å². The maximum absolute atomic E-state index is 13.3. The van der Waals surface area contributed by atoms with Crippen molar-refractivity contribution in [3.05, 3.63) is 76.4 Å². The molecule has 5 rings (SSSR count). The van der Waals surface area contributed by atoms with Crippen LogP contribution in [-0.2, 0) is 28.8 Å². The van der Waals surface area contributed by atoms with E-state index >= 15 is 0 Å². The fourth-order valence-electron chi connectivity index (χ4n) is 6.19. The number of nitrogens with zero attached hydrogens (tertiary/aromatic N) is 2. The Balaban J connectivity index is 1.49. The van der Waals surface area contributed by atoms with Crippen LogP contribution in [0.4, 0.5) is 10.1 Å². The molecule has 0 bridgehead atoms. The molecule has 5 nitrogen and oxygen atoms in total. The SMILES string of the molecule is Cc1nc(C)c(-c2ccc3c(c2)CC[C@@H](Cc2ccc(F)cc2)O3)c(N2CCC(C)(C)CC2)c1CC(=O)OC(C)C. The maximum Gasteiger partial charge on any atom is 0.310 e. The summed E-state index contributed by atoms with van der Waals surface area (Å²) in [5.41, 5.74) is 8.71. The number of hydrogen-bond donors (Lipinski definition) is 0. The largest absolute Gasteiger partial charge is 0.490 e. The lowest BCUT2D eigenvalue weighted by Gasteiger charge is -2.40. The summed E-state index contributed by atoms with van der Waals surface area (Å²) in [4.78, 5) is 20.3. The highest BCUT2D eigenvalue weighted by atomic mass is 19.1. The van der Waals surface area contributed by atoms with Crippen molar-refractivity contribution < 1.29 is 18.7 Å². The Kier molecular flexibility index (Phi) is 8.40. The van der Waals surface area contributed by atoms with Crippen molar-refractivity contribution >= 4 is 11.7 Å². The first-order valence-electron chi connectivity index (χ1n) is 15.0. The van der Waals surface area contributed by atoms with Gasteiger partial charge >= 0.3 is 5.97 Å². The average Bonchev–Trinajstić information content (AvgIpc) is 2.91. The van der Waals surface area contributed by atoms with Crippen LogP contribution in [0.25, 0.3) is 11.1 Å². The second-order valence-electron chi connectivity index (χ2n) is 12.8. The standard InChI is InChI=1S/C35H43FN2O3/c1-22(2)40-32(39)21-30-23(3)37-24(4)33(34(30)38-17-15-35(5,6)16-18-38)27-10-14-31-26(20-27)9-13-29(41-31)19-25-7-11-28(36)12-8-25/h7-8,10-12,14,20,22,29H,9,13,15-19,21H2,1-6H3/t29-/m0/s1. The Morgan fingerprint density at radius 3 is 2.49 bits per heavy atom. The predicted octanol–water partition coefficient (Wildman–Crippen LogP) is 7.56. The van der Waals surface area contributed by atoms with Crippen LogP contribution in [0.15, 0.2) is 42.5 Å². The number of ether oxygens (including phenoxy) is 2. The molecule has 2 aliphatic heterocycles. The molecule has 3 heterocycles. The summed E-state index contributed by atoms with van der Waals surface area (Å²) in [6.45, 7) is 14.4. The zero-order chi connectivity index (χ0) is 29.3. The molecule has 0 saturated carbocycles. The molecular weight excluding hydrogens is 515 g/mol. The smallest absolute Gasteiger partial charge is 0.310 e. The molecule has 2 aromatic carbocycles. The number of carbonyl (C=O) groups excluding carboxylic acids is 1. The van der Waals surface area contributed by atoms with Crippen molar-refractivity contribution in [1.82, 2.24) is 4.98 Å². The first-order chi connectivity index (χ1) is 19.5. The zero-order valence-electron chi connectivity index (χ0n) is 25.4. The Morgan fingerprint density at radius 1 is 1.10 bits per heavy atom. The van der Waals surface area contributed by atoms with Gasteiger partial charge in [-0.2, -0.15) is 0 Å². The van der Waals surface area contributed by atoms with Crippen LogP contribution in [0.1, 0.15) is 75.0 Å². The molecule has 1 aromatic heterocycles. The van der Waals surface area contributed by atoms with Crippen LogP contribution < -0.4 is 9.64 Å². The van der Waals surface area contributed by atoms with Crippen molar-refractivity contribution in [1.29, 1.82) is 0 Å². The van der Waals surface area contributed by atoms with E-state index in [1.807, 2.05) is 32.9 Å². The minimum Gasteiger partial charge on any atom is -0.490 e. The number of halogens is 1. The first-order valence-corrected chi connectivity index (χ1v) is 15.0. The van der Waals surface area contributed by atoms with Gasteiger partial charge in [-0.1, -0.05) is 32.0 Å². The third-order valence-corrected chi connectivity index (χ3v) is 8.53. The normalized spacial score (nSPS) is 18.1. The summed E-state index contributed by atoms with van der Waals surface area (Å²) < 4.78 is 25.3. The second-order valence-corrected chi connectivity index (χ2v) is 12.8. The molecule has 1 atom stereocenters. The Bertz CT molecular complexity index is 1400. The van der Waals surface area contributed by atoms with Crippen molar-refractivity contribution in [2.45, 2.75) is 92.3 Å². The highest BCUT2D eigenvalue weighted by molar-refractivity contribution is 5.87. The van der Waals surface area contributed by atoms with Crippen molar-refractivity contribution in [3.63, 3.8) is 0 Å². The molecule has 0 N–H and O–H groups in total. The average molecular weight is 559 g/mol. The number of fused-ring (bicyclic) bond motifs is 1. The number of carbonyl (C=O) groups is 1. The van der Waals surface area contributed by atoms with Gasteiger partial charge in [0.05, 0.1) is 18.2 Å². The Labute approximate surface area is 244 Å². The lowest BCUT2D eigenvalue weighted by molar-refractivity contribution is -0.146. The van der Waals surface area contributed by atoms with Gasteiger partial charge in [0, 0.05) is 42.0 Å². The number of aryl methyl sites for hydroxylation is 3. The van der Waals surface area contributed by atoms with E-state index in [1.165, 1.54) is 17.7 Å². The number of aromatic nitrogens is 1. The highest BCUT2D eigenvalue weighted by Gasteiger charge is 2.31. The van der Waals surface area contributed by atoms with Crippen LogP contribution in [-0.4, -0.2) is 36.3 Å². The second kappa shape index (κ2) is 11.8. The zero-order valence-corrected chi connectivity index (χ0v) is 25.4. The third kappa shape index (κ3) is 6.74. The minimum absolute atomic E-state index is 0.0624. The summed E-state index contributed by atoms with van der Waals surface area (Å²) in [5, 5.41) is 0. The fourth-order valence-corrected chi connectivity index (χ4v) is 6.19. The lowest BCUT2D eigenvalue weighted by Crippen LogP contribution is -2.38. The summed E-state index contributed by atoms with van der Waals surface area (Å²) >= 11 is 0. The molecule has 2 aliphatic rings. The monoisotopic (exact) mass is 558 g/mol.